The van der Waals surface area contributed by atoms with Crippen LogP contribution in [0.1, 0.15) is 25.7 Å². The van der Waals surface area contributed by atoms with Crippen LogP contribution in [-0.4, -0.2) is 31.2 Å². The Balaban J connectivity index is 2.32. The molecule has 0 amide bonds. The Labute approximate surface area is 122 Å². The van der Waals surface area contributed by atoms with Gasteiger partial charge >= 0.3 is 0 Å². The van der Waals surface area contributed by atoms with E-state index in [9.17, 15) is 8.42 Å². The first-order valence-corrected chi connectivity index (χ1v) is 9.06. The summed E-state index contributed by atoms with van der Waals surface area (Å²) in [6.45, 7) is 0.551. The van der Waals surface area contributed by atoms with E-state index in [1.165, 1.54) is 0 Å². The number of hydrogen-bond acceptors (Lipinski definition) is 3. The van der Waals surface area contributed by atoms with Crippen molar-refractivity contribution in [2.24, 2.45) is 0 Å². The summed E-state index contributed by atoms with van der Waals surface area (Å²) in [6, 6.07) is 3.09. The van der Waals surface area contributed by atoms with E-state index in [0.29, 0.717) is 21.0 Å². The van der Waals surface area contributed by atoms with Crippen molar-refractivity contribution in [2.75, 3.05) is 12.4 Å². The minimum atomic E-state index is -3.44. The van der Waals surface area contributed by atoms with Gasteiger partial charge in [-0.3, -0.25) is 0 Å². The van der Waals surface area contributed by atoms with Crippen molar-refractivity contribution in [3.63, 3.8) is 0 Å². The van der Waals surface area contributed by atoms with Crippen LogP contribution in [0.4, 0.5) is 0 Å². The fraction of sp³-hybridized carbons (Fsp3) is 0.636. The van der Waals surface area contributed by atoms with Crippen LogP contribution >= 0.6 is 34.5 Å². The van der Waals surface area contributed by atoms with Crippen LogP contribution < -0.4 is 0 Å². The minimum Gasteiger partial charge on any atom is -0.206 e. The van der Waals surface area contributed by atoms with Crippen LogP contribution in [0.5, 0.6) is 0 Å². The molecule has 102 valence electrons. The van der Waals surface area contributed by atoms with Crippen molar-refractivity contribution >= 4 is 44.6 Å². The molecule has 1 fully saturated rings. The van der Waals surface area contributed by atoms with Gasteiger partial charge in [-0.25, -0.2) is 8.42 Å². The number of alkyl halides is 1. The predicted octanol–water partition coefficient (Wildman–Crippen LogP) is 3.57. The van der Waals surface area contributed by atoms with Gasteiger partial charge in [0.05, 0.1) is 4.34 Å². The van der Waals surface area contributed by atoms with Crippen LogP contribution in [0.2, 0.25) is 4.34 Å². The summed E-state index contributed by atoms with van der Waals surface area (Å²) in [5, 5.41) is 0. The first-order valence-electron chi connectivity index (χ1n) is 5.89. The molecule has 0 aromatic carbocycles. The molecular weight excluding hydrogens is 313 g/mol. The van der Waals surface area contributed by atoms with Crippen molar-refractivity contribution < 1.29 is 8.42 Å². The molecule has 2 rings (SSSR count). The van der Waals surface area contributed by atoms with Gasteiger partial charge in [0.25, 0.3) is 10.0 Å². The zero-order valence-corrected chi connectivity index (χ0v) is 13.0. The highest BCUT2D eigenvalue weighted by Crippen LogP contribution is 2.31. The Bertz CT molecular complexity index is 501. The van der Waals surface area contributed by atoms with Crippen LogP contribution in [0.15, 0.2) is 16.3 Å². The lowest BCUT2D eigenvalue weighted by atomic mass is 10.1. The number of hydrogen-bond donors (Lipinski definition) is 0. The molecule has 1 aromatic rings. The Morgan fingerprint density at radius 2 is 2.11 bits per heavy atom. The summed E-state index contributed by atoms with van der Waals surface area (Å²) >= 11 is 12.8. The highest BCUT2D eigenvalue weighted by Gasteiger charge is 2.32. The molecule has 1 aliphatic rings. The molecule has 0 aliphatic carbocycles. The maximum Gasteiger partial charge on any atom is 0.252 e. The van der Waals surface area contributed by atoms with E-state index in [-0.39, 0.29) is 6.04 Å². The Morgan fingerprint density at radius 3 is 2.72 bits per heavy atom. The van der Waals surface area contributed by atoms with Gasteiger partial charge in [-0.05, 0) is 25.0 Å². The second kappa shape index (κ2) is 6.09. The van der Waals surface area contributed by atoms with Gasteiger partial charge in [0.15, 0.2) is 0 Å². The quantitative estimate of drug-likeness (QED) is 0.796. The smallest absolute Gasteiger partial charge is 0.206 e. The molecule has 0 radical (unpaired) electrons. The summed E-state index contributed by atoms with van der Waals surface area (Å²) in [4.78, 5) is 0. The number of thiophene rings is 1. The van der Waals surface area contributed by atoms with Crippen molar-refractivity contribution in [2.45, 2.75) is 35.9 Å². The first-order chi connectivity index (χ1) is 8.55. The monoisotopic (exact) mass is 327 g/mol. The molecule has 7 heteroatoms. The van der Waals surface area contributed by atoms with Crippen LogP contribution in [0.25, 0.3) is 0 Å². The summed E-state index contributed by atoms with van der Waals surface area (Å²) in [5.74, 6) is 0.346. The second-order valence-electron chi connectivity index (χ2n) is 4.33. The van der Waals surface area contributed by atoms with E-state index in [4.69, 9.17) is 23.2 Å². The average molecular weight is 328 g/mol. The van der Waals surface area contributed by atoms with E-state index in [1.807, 2.05) is 0 Å². The van der Waals surface area contributed by atoms with Gasteiger partial charge in [-0.2, -0.15) is 4.31 Å². The maximum absolute atomic E-state index is 12.5. The zero-order valence-electron chi connectivity index (χ0n) is 9.81. The summed E-state index contributed by atoms with van der Waals surface area (Å²) in [6.07, 6.45) is 3.83. The van der Waals surface area contributed by atoms with Gasteiger partial charge in [0.1, 0.15) is 4.21 Å². The number of nitrogens with zero attached hydrogens (tertiary/aromatic N) is 1. The zero-order chi connectivity index (χ0) is 13.2. The molecule has 0 saturated carbocycles. The Kier molecular flexibility index (Phi) is 4.94. The molecule has 0 bridgehead atoms. The lowest BCUT2D eigenvalue weighted by Crippen LogP contribution is -2.40. The summed E-state index contributed by atoms with van der Waals surface area (Å²) in [5.41, 5.74) is 0. The minimum absolute atomic E-state index is 0.0972. The van der Waals surface area contributed by atoms with E-state index in [1.54, 1.807) is 16.4 Å². The summed E-state index contributed by atoms with van der Waals surface area (Å²) in [7, 11) is -3.44. The average Bonchev–Trinajstić information content (AvgIpc) is 2.65. The lowest BCUT2D eigenvalue weighted by molar-refractivity contribution is 0.346. The molecule has 0 spiro atoms. The number of rotatable bonds is 3. The molecule has 1 unspecified atom stereocenters. The molecule has 18 heavy (non-hydrogen) atoms. The van der Waals surface area contributed by atoms with Gasteiger partial charge in [-0.15, -0.1) is 22.9 Å². The third kappa shape index (κ3) is 3.02. The molecule has 1 aromatic heterocycles. The van der Waals surface area contributed by atoms with Crippen molar-refractivity contribution in [1.29, 1.82) is 0 Å². The van der Waals surface area contributed by atoms with Crippen LogP contribution in [0.3, 0.4) is 0 Å². The number of halogens is 2. The van der Waals surface area contributed by atoms with Gasteiger partial charge < -0.3 is 0 Å². The topological polar surface area (TPSA) is 37.4 Å². The van der Waals surface area contributed by atoms with E-state index in [0.717, 1.165) is 37.0 Å². The van der Waals surface area contributed by atoms with E-state index in [2.05, 4.69) is 0 Å². The molecule has 2 heterocycles. The highest BCUT2D eigenvalue weighted by molar-refractivity contribution is 7.91. The Morgan fingerprint density at radius 1 is 1.33 bits per heavy atom. The first kappa shape index (κ1) is 14.6. The van der Waals surface area contributed by atoms with E-state index >= 15 is 0 Å². The van der Waals surface area contributed by atoms with Gasteiger partial charge in [-0.1, -0.05) is 24.4 Å². The third-order valence-corrected chi connectivity index (χ3v) is 7.12. The standard InChI is InChI=1S/C11H15Cl2NO2S2/c12-8-9-4-2-1-3-7-14(9)18(15,16)11-6-5-10(13)17-11/h5-6,9H,1-4,7-8H2. The fourth-order valence-electron chi connectivity index (χ4n) is 2.17. The highest BCUT2D eigenvalue weighted by atomic mass is 35.5. The van der Waals surface area contributed by atoms with Crippen molar-refractivity contribution in [1.82, 2.24) is 4.31 Å². The molecule has 0 N–H and O–H groups in total. The van der Waals surface area contributed by atoms with Crippen LogP contribution in [0, 0.1) is 0 Å². The summed E-state index contributed by atoms with van der Waals surface area (Å²) < 4.78 is 27.4. The maximum atomic E-state index is 12.5. The lowest BCUT2D eigenvalue weighted by Gasteiger charge is -2.26. The molecule has 3 nitrogen and oxygen atoms in total. The van der Waals surface area contributed by atoms with Crippen LogP contribution in [-0.2, 0) is 10.0 Å². The molecular formula is C11H15Cl2NO2S2. The van der Waals surface area contributed by atoms with Gasteiger partial charge in [0.2, 0.25) is 0 Å². The fourth-order valence-corrected chi connectivity index (χ4v) is 5.88. The van der Waals surface area contributed by atoms with Crippen molar-refractivity contribution in [3.8, 4) is 0 Å². The predicted molar refractivity (Wildman–Crippen MR) is 76.2 cm³/mol. The largest absolute Gasteiger partial charge is 0.252 e. The third-order valence-electron chi connectivity index (χ3n) is 3.11. The van der Waals surface area contributed by atoms with Crippen molar-refractivity contribution in [3.05, 3.63) is 16.5 Å². The van der Waals surface area contributed by atoms with Gasteiger partial charge in [0, 0.05) is 18.5 Å². The normalized spacial score (nSPS) is 22.9. The van der Waals surface area contributed by atoms with E-state index < -0.39 is 10.0 Å². The number of sulfonamides is 1. The second-order valence-corrected chi connectivity index (χ2v) is 8.47. The molecule has 1 saturated heterocycles. The molecule has 1 atom stereocenters. The SMILES string of the molecule is O=S(=O)(c1ccc(Cl)s1)N1CCCCCC1CCl. The molecule has 1 aliphatic heterocycles. The Hall–Kier alpha value is 0.190.